The molecule has 1 saturated carbocycles. The second-order valence-corrected chi connectivity index (χ2v) is 5.84. The number of pyridine rings is 1. The molecule has 4 nitrogen and oxygen atoms in total. The molecule has 1 heterocycles. The molecule has 2 atom stereocenters. The van der Waals surface area contributed by atoms with E-state index in [1.54, 1.807) is 12.4 Å². The standard InChI is InChI=1S/C15H23N3O/c1-11-4-3-6-15(16,8-11)14(19)18-10-13-9-17-7-5-12(13)2/h5,7,9,11H,3-4,6,8,10,16H2,1-2H3,(H,18,19). The van der Waals surface area contributed by atoms with Crippen molar-refractivity contribution in [3.63, 3.8) is 0 Å². The number of hydrogen-bond donors (Lipinski definition) is 2. The van der Waals surface area contributed by atoms with Crippen LogP contribution < -0.4 is 11.1 Å². The van der Waals surface area contributed by atoms with Crippen molar-refractivity contribution in [2.75, 3.05) is 0 Å². The number of amides is 1. The predicted molar refractivity (Wildman–Crippen MR) is 75.4 cm³/mol. The van der Waals surface area contributed by atoms with Crippen molar-refractivity contribution in [3.8, 4) is 0 Å². The molecule has 1 amide bonds. The molecule has 2 unspecified atom stereocenters. The van der Waals surface area contributed by atoms with Crippen molar-refractivity contribution >= 4 is 5.91 Å². The molecule has 1 aliphatic rings. The first kappa shape index (κ1) is 14.0. The first-order valence-corrected chi connectivity index (χ1v) is 6.98. The summed E-state index contributed by atoms with van der Waals surface area (Å²) >= 11 is 0. The Balaban J connectivity index is 1.96. The van der Waals surface area contributed by atoms with Crippen LogP contribution in [0, 0.1) is 12.8 Å². The number of nitrogens with two attached hydrogens (primary N) is 1. The highest BCUT2D eigenvalue weighted by atomic mass is 16.2. The molecule has 2 rings (SSSR count). The van der Waals surface area contributed by atoms with E-state index in [9.17, 15) is 4.79 Å². The maximum Gasteiger partial charge on any atom is 0.240 e. The van der Waals surface area contributed by atoms with Crippen LogP contribution in [-0.4, -0.2) is 16.4 Å². The van der Waals surface area contributed by atoms with Gasteiger partial charge in [-0.25, -0.2) is 0 Å². The third-order valence-corrected chi connectivity index (χ3v) is 4.07. The Morgan fingerprint density at radius 2 is 2.42 bits per heavy atom. The van der Waals surface area contributed by atoms with E-state index in [0.29, 0.717) is 12.5 Å². The highest BCUT2D eigenvalue weighted by molar-refractivity contribution is 5.86. The fourth-order valence-electron chi connectivity index (χ4n) is 2.83. The third kappa shape index (κ3) is 3.32. The lowest BCUT2D eigenvalue weighted by Gasteiger charge is -2.35. The largest absolute Gasteiger partial charge is 0.350 e. The highest BCUT2D eigenvalue weighted by Crippen LogP contribution is 2.30. The molecule has 4 heteroatoms. The van der Waals surface area contributed by atoms with Crippen molar-refractivity contribution in [2.24, 2.45) is 11.7 Å². The van der Waals surface area contributed by atoms with Crippen molar-refractivity contribution in [1.29, 1.82) is 0 Å². The van der Waals surface area contributed by atoms with Gasteiger partial charge in [0.05, 0.1) is 5.54 Å². The molecule has 1 fully saturated rings. The Labute approximate surface area is 114 Å². The maximum absolute atomic E-state index is 12.3. The third-order valence-electron chi connectivity index (χ3n) is 4.07. The van der Waals surface area contributed by atoms with E-state index < -0.39 is 5.54 Å². The van der Waals surface area contributed by atoms with Crippen LogP contribution in [0.3, 0.4) is 0 Å². The lowest BCUT2D eigenvalue weighted by atomic mass is 9.76. The molecule has 104 valence electrons. The van der Waals surface area contributed by atoms with E-state index in [1.165, 1.54) is 6.42 Å². The quantitative estimate of drug-likeness (QED) is 0.873. The molecule has 0 aliphatic heterocycles. The molecule has 0 saturated heterocycles. The fourth-order valence-corrected chi connectivity index (χ4v) is 2.83. The van der Waals surface area contributed by atoms with Gasteiger partial charge in [-0.15, -0.1) is 0 Å². The van der Waals surface area contributed by atoms with Gasteiger partial charge >= 0.3 is 0 Å². The van der Waals surface area contributed by atoms with Gasteiger partial charge in [0.2, 0.25) is 5.91 Å². The summed E-state index contributed by atoms with van der Waals surface area (Å²) < 4.78 is 0. The molecule has 0 aromatic carbocycles. The minimum atomic E-state index is -0.687. The first-order valence-electron chi connectivity index (χ1n) is 6.98. The highest BCUT2D eigenvalue weighted by Gasteiger charge is 2.37. The number of carbonyl (C=O) groups is 1. The Kier molecular flexibility index (Phi) is 4.20. The zero-order valence-corrected chi connectivity index (χ0v) is 11.8. The van der Waals surface area contributed by atoms with Crippen molar-refractivity contribution in [2.45, 2.75) is 51.6 Å². The molecule has 1 aromatic rings. The number of nitrogens with zero attached hydrogens (tertiary/aromatic N) is 1. The van der Waals surface area contributed by atoms with Crippen LogP contribution >= 0.6 is 0 Å². The maximum atomic E-state index is 12.3. The van der Waals surface area contributed by atoms with Crippen molar-refractivity contribution in [1.82, 2.24) is 10.3 Å². The van der Waals surface area contributed by atoms with Crippen LogP contribution in [0.4, 0.5) is 0 Å². The minimum absolute atomic E-state index is 0.0256. The van der Waals surface area contributed by atoms with Crippen LogP contribution in [0.25, 0.3) is 0 Å². The molecule has 1 aromatic heterocycles. The van der Waals surface area contributed by atoms with Gasteiger partial charge in [0, 0.05) is 18.9 Å². The number of rotatable bonds is 3. The summed E-state index contributed by atoms with van der Waals surface area (Å²) in [6.45, 7) is 4.69. The zero-order valence-electron chi connectivity index (χ0n) is 11.8. The molecule has 3 N–H and O–H groups in total. The number of hydrogen-bond acceptors (Lipinski definition) is 3. The van der Waals surface area contributed by atoms with Gasteiger partial charge in [0.15, 0.2) is 0 Å². The Morgan fingerprint density at radius 1 is 1.63 bits per heavy atom. The van der Waals surface area contributed by atoms with Gasteiger partial charge in [-0.05, 0) is 42.9 Å². The van der Waals surface area contributed by atoms with Crippen molar-refractivity contribution < 1.29 is 4.79 Å². The molecular weight excluding hydrogens is 238 g/mol. The SMILES string of the molecule is Cc1ccncc1CNC(=O)C1(N)CCCC(C)C1. The first-order chi connectivity index (χ1) is 9.01. The lowest BCUT2D eigenvalue weighted by Crippen LogP contribution is -2.56. The molecular formula is C15H23N3O. The Bertz CT molecular complexity index is 460. The number of aryl methyl sites for hydroxylation is 1. The van der Waals surface area contributed by atoms with Crippen LogP contribution in [0.5, 0.6) is 0 Å². The van der Waals surface area contributed by atoms with E-state index in [-0.39, 0.29) is 5.91 Å². The number of carbonyl (C=O) groups excluding carboxylic acids is 1. The van der Waals surface area contributed by atoms with Gasteiger partial charge in [-0.1, -0.05) is 19.8 Å². The van der Waals surface area contributed by atoms with Crippen LogP contribution in [-0.2, 0) is 11.3 Å². The monoisotopic (exact) mass is 261 g/mol. The Hall–Kier alpha value is -1.42. The topological polar surface area (TPSA) is 68.0 Å². The lowest BCUT2D eigenvalue weighted by molar-refractivity contribution is -0.128. The van der Waals surface area contributed by atoms with E-state index in [2.05, 4.69) is 17.2 Å². The van der Waals surface area contributed by atoms with Gasteiger partial charge in [0.25, 0.3) is 0 Å². The minimum Gasteiger partial charge on any atom is -0.350 e. The summed E-state index contributed by atoms with van der Waals surface area (Å²) in [6.07, 6.45) is 7.33. The van der Waals surface area contributed by atoms with Gasteiger partial charge in [-0.2, -0.15) is 0 Å². The van der Waals surface area contributed by atoms with Crippen molar-refractivity contribution in [3.05, 3.63) is 29.6 Å². The van der Waals surface area contributed by atoms with E-state index >= 15 is 0 Å². The second-order valence-electron chi connectivity index (χ2n) is 5.84. The van der Waals surface area contributed by atoms with E-state index in [4.69, 9.17) is 5.73 Å². The van der Waals surface area contributed by atoms with Crippen LogP contribution in [0.1, 0.15) is 43.7 Å². The zero-order chi connectivity index (χ0) is 13.9. The molecule has 0 radical (unpaired) electrons. The summed E-state index contributed by atoms with van der Waals surface area (Å²) in [5, 5.41) is 2.97. The second kappa shape index (κ2) is 5.70. The summed E-state index contributed by atoms with van der Waals surface area (Å²) in [4.78, 5) is 16.4. The molecule has 1 aliphatic carbocycles. The van der Waals surface area contributed by atoms with Gasteiger partial charge in [-0.3, -0.25) is 9.78 Å². The average molecular weight is 261 g/mol. The molecule has 19 heavy (non-hydrogen) atoms. The van der Waals surface area contributed by atoms with Crippen LogP contribution in [0.2, 0.25) is 0 Å². The fraction of sp³-hybridized carbons (Fsp3) is 0.600. The smallest absolute Gasteiger partial charge is 0.240 e. The summed E-state index contributed by atoms with van der Waals surface area (Å²) in [5.74, 6) is 0.506. The normalized spacial score (nSPS) is 27.0. The number of nitrogens with one attached hydrogen (secondary N) is 1. The number of aromatic nitrogens is 1. The van der Waals surface area contributed by atoms with Gasteiger partial charge in [0.1, 0.15) is 0 Å². The summed E-state index contributed by atoms with van der Waals surface area (Å²) in [7, 11) is 0. The predicted octanol–water partition coefficient (Wildman–Crippen LogP) is 1.91. The summed E-state index contributed by atoms with van der Waals surface area (Å²) in [5.41, 5.74) is 7.76. The molecule has 0 bridgehead atoms. The van der Waals surface area contributed by atoms with E-state index in [1.807, 2.05) is 13.0 Å². The van der Waals surface area contributed by atoms with Crippen LogP contribution in [0.15, 0.2) is 18.5 Å². The molecule has 0 spiro atoms. The Morgan fingerprint density at radius 3 is 3.11 bits per heavy atom. The summed E-state index contributed by atoms with van der Waals surface area (Å²) in [6, 6.07) is 1.95. The van der Waals surface area contributed by atoms with Gasteiger partial charge < -0.3 is 11.1 Å². The van der Waals surface area contributed by atoms with E-state index in [0.717, 1.165) is 30.4 Å². The average Bonchev–Trinajstić information content (AvgIpc) is 2.37.